The molecule has 2 fully saturated rings. The van der Waals surface area contributed by atoms with Crippen LogP contribution in [0.5, 0.6) is 57.5 Å². The first kappa shape index (κ1) is 107. The molecule has 5 aromatic heterocycles. The fourth-order valence-electron chi connectivity index (χ4n) is 17.3. The molecule has 0 spiro atoms. The van der Waals surface area contributed by atoms with Crippen LogP contribution in [-0.4, -0.2) is 165 Å². The number of hydrogen-bond acceptors (Lipinski definition) is 30. The topological polar surface area (TPSA) is 317 Å². The Morgan fingerprint density at radius 1 is 0.336 bits per heavy atom. The molecule has 32 heteroatoms. The summed E-state index contributed by atoms with van der Waals surface area (Å²) in [7, 11) is 11.4. The first-order chi connectivity index (χ1) is 71.9. The summed E-state index contributed by atoms with van der Waals surface area (Å²) in [5, 5.41) is 4.13. The molecule has 2 aliphatic rings. The fraction of sp³-hybridized carbons (Fsp3) is 0.231. The van der Waals surface area contributed by atoms with Crippen molar-refractivity contribution in [2.75, 3.05) is 154 Å². The van der Waals surface area contributed by atoms with Gasteiger partial charge in [0.25, 0.3) is 0 Å². The first-order valence-corrected chi connectivity index (χ1v) is 52.0. The molecule has 0 saturated carbocycles. The van der Waals surface area contributed by atoms with Crippen LogP contribution in [0.2, 0.25) is 0 Å². The van der Waals surface area contributed by atoms with E-state index in [4.69, 9.17) is 68.3 Å². The van der Waals surface area contributed by atoms with Crippen molar-refractivity contribution >= 4 is 149 Å². The van der Waals surface area contributed by atoms with Gasteiger partial charge in [0, 0.05) is 171 Å². The highest BCUT2D eigenvalue weighted by Crippen LogP contribution is 2.44. The third kappa shape index (κ3) is 26.8. The number of hydrogen-bond donors (Lipinski definition) is 0. The minimum Gasteiger partial charge on any atom is -0.493 e. The van der Waals surface area contributed by atoms with E-state index < -0.39 is 42.5 Å². The smallest absolute Gasteiger partial charge is 0.343 e. The lowest BCUT2D eigenvalue weighted by atomic mass is 10.1. The molecule has 0 radical (unpaired) electrons. The number of carbonyl (C=O) groups excluding carboxylic acids is 1. The molecule has 2 aliphatic heterocycles. The number of carbonyl (C=O) groups is 1. The van der Waals surface area contributed by atoms with Crippen LogP contribution >= 0.6 is 0 Å². The molecule has 772 valence electrons. The van der Waals surface area contributed by atoms with Gasteiger partial charge in [-0.15, -0.1) is 0 Å². The number of benzene rings is 12. The molecule has 0 N–H and O–H groups in total. The summed E-state index contributed by atoms with van der Waals surface area (Å²) >= 11 is 0. The van der Waals surface area contributed by atoms with Crippen molar-refractivity contribution in [3.05, 3.63) is 360 Å². The van der Waals surface area contributed by atoms with E-state index in [0.717, 1.165) is 112 Å². The Balaban J connectivity index is 0.000000140. The zero-order valence-electron chi connectivity index (χ0n) is 85.4. The highest BCUT2D eigenvalue weighted by molar-refractivity contribution is 7.96. The Labute approximate surface area is 863 Å². The Hall–Kier alpha value is -16.7. The standard InChI is InChI=1S/C26H23NO5.C25H23NO5S.C24H28N2O4.C23H26N2O4.C19H19NO5S/c1-4-17-9-11-18(12-10-17)26(29)32-24-15-19(13-14-23(24)30-3)27(2)21-16-25(28)31-22-8-6-5-7-20(21)22;1-17-9-12-19(13-10-17)32(4,28)31-24-15-18(11-14-23(24)29-3)26(2)21-16-25(27)30-22-8-6-5-7-20(21)22;1-25(20-17-24(27)30-21-9-5-4-8-19(20)21)18-10-11-22(28-2)23(16-18)29-15-14-26-12-6-3-7-13-26;1-24(19-16-23(26)29-20-8-4-3-7-18(19)20)17-9-10-21(27-2)22(15-17)28-14-13-25-11-5-6-12-25;1-20(15-12-19(21)24-16-8-6-5-7-14(15)16)13-9-10-17(23-2)18(11-13)25-26(3,4)22/h2*5-16H,4H2,1-3H3;4-5,8-11,16-17H,3,6-7,12-15H2,1-2H3;3-4,7-10,15-16H,5-6,11-14H2,1-2H3;5-12H,3H2,1-2,4H3. The number of aryl methyl sites for hydroxylation is 2. The second-order valence-corrected chi connectivity index (χ2v) is 39.2. The highest BCUT2D eigenvalue weighted by Gasteiger charge is 2.26. The van der Waals surface area contributed by atoms with Crippen molar-refractivity contribution in [2.45, 2.75) is 57.3 Å². The van der Waals surface area contributed by atoms with Gasteiger partial charge < -0.3 is 92.8 Å². The molecule has 2 saturated heterocycles. The zero-order valence-corrected chi connectivity index (χ0v) is 87.0. The van der Waals surface area contributed by atoms with Crippen LogP contribution in [0.4, 0.5) is 56.9 Å². The number of piperidine rings is 1. The summed E-state index contributed by atoms with van der Waals surface area (Å²) in [6.45, 7) is 11.6. The molecule has 0 bridgehead atoms. The summed E-state index contributed by atoms with van der Waals surface area (Å²) in [6.07, 6.45) is 8.69. The van der Waals surface area contributed by atoms with Crippen molar-refractivity contribution in [2.24, 2.45) is 0 Å². The van der Waals surface area contributed by atoms with Crippen LogP contribution in [-0.2, 0) is 26.0 Å². The van der Waals surface area contributed by atoms with Gasteiger partial charge >= 0.3 is 34.1 Å². The van der Waals surface area contributed by atoms with Crippen LogP contribution in [0.15, 0.2) is 342 Å². The predicted octanol–water partition coefficient (Wildman–Crippen LogP) is 22.0. The summed E-state index contributed by atoms with van der Waals surface area (Å²) < 4.78 is 108. The SMILES string of the molecule is C=S(=O)(Oc1cc(N(C)c2cc(=O)oc3ccccc23)ccc1OC)c1ccc(C)cc1.C=S(C)(=O)Oc1cc(N(C)c2cc(=O)oc3ccccc23)ccc1OC.CCc1ccc(C(=O)Oc2cc(N(C)c3cc(=O)oc4ccccc34)ccc2OC)cc1.COc1ccc(N(C)c2cc(=O)oc3ccccc23)cc1OCCN1CCCC1.COc1ccc(N(C)c2cc(=O)oc3ccccc23)cc1OCCN1CCCCC1. The lowest BCUT2D eigenvalue weighted by molar-refractivity contribution is 0.0729. The predicted molar refractivity (Wildman–Crippen MR) is 593 cm³/mol. The van der Waals surface area contributed by atoms with E-state index in [1.54, 1.807) is 111 Å². The van der Waals surface area contributed by atoms with Gasteiger partial charge in [-0.3, -0.25) is 9.80 Å². The summed E-state index contributed by atoms with van der Waals surface area (Å²) in [6, 6.07) is 86.2. The molecule has 0 amide bonds. The molecule has 0 aliphatic carbocycles. The van der Waals surface area contributed by atoms with Gasteiger partial charge in [0.1, 0.15) is 60.7 Å². The van der Waals surface area contributed by atoms with Crippen molar-refractivity contribution in [1.29, 1.82) is 0 Å². The second-order valence-electron chi connectivity index (χ2n) is 35.3. The maximum absolute atomic E-state index is 13.3. The lowest BCUT2D eigenvalue weighted by Crippen LogP contribution is -2.33. The van der Waals surface area contributed by atoms with E-state index >= 15 is 0 Å². The third-order valence-corrected chi connectivity index (χ3v) is 27.2. The monoisotopic (exact) mass is 2050 g/mol. The number of nitrogens with zero attached hydrogens (tertiary/aromatic N) is 7. The number of fused-ring (bicyclic) bond motifs is 5. The number of para-hydroxylation sites is 5. The van der Waals surface area contributed by atoms with E-state index in [2.05, 4.69) is 28.5 Å². The molecule has 2 unspecified atom stereocenters. The number of likely N-dealkylation sites (tertiary alicyclic amines) is 2. The van der Waals surface area contributed by atoms with E-state index in [9.17, 15) is 37.2 Å². The number of rotatable bonds is 31. The molecule has 12 aromatic carbocycles. The van der Waals surface area contributed by atoms with Gasteiger partial charge in [0.15, 0.2) is 57.5 Å². The van der Waals surface area contributed by atoms with Gasteiger partial charge in [0.2, 0.25) is 0 Å². The normalized spacial score (nSPS) is 13.1. The van der Waals surface area contributed by atoms with Crippen molar-refractivity contribution in [1.82, 2.24) is 9.80 Å². The Bertz CT molecular complexity index is 8190. The second kappa shape index (κ2) is 49.0. The lowest BCUT2D eigenvalue weighted by Gasteiger charge is -2.26. The Morgan fingerprint density at radius 2 is 0.611 bits per heavy atom. The highest BCUT2D eigenvalue weighted by atomic mass is 32.2. The molecule has 2 atom stereocenters. The van der Waals surface area contributed by atoms with Crippen LogP contribution in [0.1, 0.15) is 60.5 Å². The maximum Gasteiger partial charge on any atom is 0.343 e. The molecule has 30 nitrogen and oxygen atoms in total. The van der Waals surface area contributed by atoms with Crippen LogP contribution in [0, 0.1) is 6.92 Å². The molecule has 19 rings (SSSR count). The first-order valence-electron chi connectivity index (χ1n) is 48.3. The summed E-state index contributed by atoms with van der Waals surface area (Å²) in [5.74, 6) is 11.8. The average molecular weight is 2060 g/mol. The number of methoxy groups -OCH3 is 5. The number of anilines is 10. The molecule has 17 aromatic rings. The largest absolute Gasteiger partial charge is 0.493 e. The van der Waals surface area contributed by atoms with Gasteiger partial charge in [-0.2, -0.15) is 0 Å². The van der Waals surface area contributed by atoms with Gasteiger partial charge in [-0.1, -0.05) is 104 Å². The molecule has 149 heavy (non-hydrogen) atoms. The number of ether oxygens (including phenoxy) is 8. The number of esters is 1. The van der Waals surface area contributed by atoms with Crippen LogP contribution in [0.3, 0.4) is 0 Å². The average Bonchev–Trinajstić information content (AvgIpc) is 1.05. The van der Waals surface area contributed by atoms with Gasteiger partial charge in [-0.05, 0) is 228 Å². The molecular formula is C117H119N7O23S2. The van der Waals surface area contributed by atoms with Crippen molar-refractivity contribution in [3.8, 4) is 57.5 Å². The van der Waals surface area contributed by atoms with Gasteiger partial charge in [-0.25, -0.2) is 37.2 Å². The van der Waals surface area contributed by atoms with E-state index in [1.807, 2.05) is 230 Å². The zero-order chi connectivity index (χ0) is 106. The fourth-order valence-corrected chi connectivity index (χ4v) is 18.9. The summed E-state index contributed by atoms with van der Waals surface area (Å²) in [5.41, 5.74) is 10.7. The van der Waals surface area contributed by atoms with Crippen molar-refractivity contribution in [3.63, 3.8) is 0 Å². The minimum atomic E-state index is -3.07. The van der Waals surface area contributed by atoms with Crippen LogP contribution in [0.25, 0.3) is 54.8 Å². The Kier molecular flexibility index (Phi) is 35.1. The van der Waals surface area contributed by atoms with Crippen molar-refractivity contribution < 1.29 is 81.6 Å². The minimum absolute atomic E-state index is 0.282. The molecule has 7 heterocycles. The quantitative estimate of drug-likeness (QED) is 0.0169. The van der Waals surface area contributed by atoms with E-state index in [0.29, 0.717) is 126 Å². The van der Waals surface area contributed by atoms with Gasteiger partial charge in [0.05, 0.1) is 74.4 Å². The maximum atomic E-state index is 13.3. The molecular weight excluding hydrogens is 1940 g/mol. The summed E-state index contributed by atoms with van der Waals surface area (Å²) in [4.78, 5) is 87.6. The van der Waals surface area contributed by atoms with E-state index in [1.165, 1.54) is 90.0 Å². The Morgan fingerprint density at radius 3 is 0.913 bits per heavy atom. The van der Waals surface area contributed by atoms with Crippen LogP contribution < -0.4 is 98.9 Å². The third-order valence-electron chi connectivity index (χ3n) is 25.3. The van der Waals surface area contributed by atoms with E-state index in [-0.39, 0.29) is 22.8 Å².